The van der Waals surface area contributed by atoms with Gasteiger partial charge in [-0.15, -0.1) is 0 Å². The molecule has 3 aliphatic heterocycles. The highest BCUT2D eigenvalue weighted by atomic mass is 16.7. The van der Waals surface area contributed by atoms with E-state index in [4.69, 9.17) is 29.4 Å². The molecule has 418 valence electrons. The van der Waals surface area contributed by atoms with Gasteiger partial charge in [0.15, 0.2) is 12.1 Å². The van der Waals surface area contributed by atoms with Gasteiger partial charge in [0.2, 0.25) is 11.8 Å². The number of aliphatic hydroxyl groups is 10. The van der Waals surface area contributed by atoms with Gasteiger partial charge in [0.25, 0.3) is 0 Å². The van der Waals surface area contributed by atoms with Gasteiger partial charge >= 0.3 is 11.9 Å². The Bertz CT molecular complexity index is 1960. The largest absolute Gasteiger partial charge is 0.469 e. The van der Waals surface area contributed by atoms with Crippen molar-refractivity contribution in [1.29, 1.82) is 0 Å². The molecule has 0 radical (unpaired) electrons. The minimum absolute atomic E-state index is 0.124. The summed E-state index contributed by atoms with van der Waals surface area (Å²) in [6.07, 6.45) is 2.21. The number of ether oxygens (including phenoxy) is 5. The van der Waals surface area contributed by atoms with Crippen molar-refractivity contribution >= 4 is 23.8 Å². The van der Waals surface area contributed by atoms with E-state index in [1.807, 2.05) is 13.0 Å². The van der Waals surface area contributed by atoms with Crippen LogP contribution in [0, 0.1) is 17.8 Å². The molecule has 0 aromatic carbocycles. The number of nitrogens with two attached hydrogens (primary N) is 1. The predicted octanol–water partition coefficient (Wildman–Crippen LogP) is -0.967. The number of aliphatic hydroxyl groups excluding tert-OH is 9. The number of allylic oxidation sites excluding steroid dienone is 12. The van der Waals surface area contributed by atoms with Crippen LogP contribution in [-0.2, 0) is 42.9 Å². The first-order valence-corrected chi connectivity index (χ1v) is 25.0. The van der Waals surface area contributed by atoms with Crippen LogP contribution in [0.4, 0.5) is 0 Å². The zero-order valence-electron chi connectivity index (χ0n) is 42.8. The van der Waals surface area contributed by atoms with Crippen molar-refractivity contribution in [3.63, 3.8) is 0 Å². The molecule has 22 heteroatoms. The maximum atomic E-state index is 13.2. The monoisotopic (exact) mass is 1050 g/mol. The molecule has 2 bridgehead atoms. The second kappa shape index (κ2) is 32.2. The van der Waals surface area contributed by atoms with Crippen molar-refractivity contribution < 1.29 is 93.9 Å². The van der Waals surface area contributed by atoms with E-state index in [0.717, 1.165) is 7.11 Å². The molecule has 2 amide bonds. The van der Waals surface area contributed by atoms with Gasteiger partial charge in [-0.2, -0.15) is 0 Å². The first-order valence-electron chi connectivity index (χ1n) is 25.0. The van der Waals surface area contributed by atoms with Gasteiger partial charge in [-0.3, -0.25) is 19.2 Å². The zero-order valence-corrected chi connectivity index (χ0v) is 42.8. The number of cyclic esters (lactones) is 1. The molecule has 2 saturated heterocycles. The fourth-order valence-corrected chi connectivity index (χ4v) is 8.72. The molecule has 3 rings (SSSR count). The first kappa shape index (κ1) is 63.8. The number of methoxy groups -OCH3 is 1. The second-order valence-corrected chi connectivity index (χ2v) is 19.2. The Hall–Kier alpha value is -4.50. The van der Waals surface area contributed by atoms with Gasteiger partial charge in [0.05, 0.1) is 93.7 Å². The average molecular weight is 1050 g/mol. The Labute approximate surface area is 432 Å². The van der Waals surface area contributed by atoms with Crippen LogP contribution in [0.25, 0.3) is 0 Å². The molecule has 0 spiro atoms. The molecule has 3 heterocycles. The Morgan fingerprint density at radius 2 is 1.28 bits per heavy atom. The number of amides is 2. The summed E-state index contributed by atoms with van der Waals surface area (Å²) in [5, 5.41) is 115. The van der Waals surface area contributed by atoms with Crippen LogP contribution in [0.2, 0.25) is 0 Å². The maximum absolute atomic E-state index is 13.2. The minimum atomic E-state index is -2.35. The highest BCUT2D eigenvalue weighted by Gasteiger charge is 2.51. The summed E-state index contributed by atoms with van der Waals surface area (Å²) in [5.74, 6) is -7.60. The number of carbonyl (C=O) groups excluding carboxylic acids is 4. The van der Waals surface area contributed by atoms with Gasteiger partial charge in [0, 0.05) is 37.5 Å². The first-order chi connectivity index (χ1) is 35.0. The molecular weight excluding hydrogens is 971 g/mol. The summed E-state index contributed by atoms with van der Waals surface area (Å²) in [6, 6.07) is -1.37. The summed E-state index contributed by atoms with van der Waals surface area (Å²) in [5.41, 5.74) is 5.30. The van der Waals surface area contributed by atoms with Crippen molar-refractivity contribution in [2.75, 3.05) is 20.2 Å². The standard InChI is InChI=1S/C52H81N3O19/c1-30-18-16-14-12-10-8-6-7-9-11-13-15-17-19-37(73-51-49(67)46(48(66)33(4)72-51)55-43(63)29-54-42(62)28-53)25-41-45(50(68)70-5)40(61)27-52(69,74-41)26-36(58)23-39(60)38(59)21-20-34(56)22-35(57)24-44(64)71-32(3)31(2)47(30)65/h6-19,30-41,45-49,51,56-61,65-67,69H,20-29,53H2,1-5H3,(H,54,62)(H,55,63)/t30-,31-,32-,33+,34+,35+,36-,37-,38+,39+,40-,41-,45+,46-,47+,48+,49-,51-,52+/m0/s1. The molecule has 2 fully saturated rings. The van der Waals surface area contributed by atoms with E-state index in [0.29, 0.717) is 0 Å². The lowest BCUT2D eigenvalue weighted by Crippen LogP contribution is -2.64. The molecule has 0 saturated carbocycles. The Morgan fingerprint density at radius 3 is 1.88 bits per heavy atom. The van der Waals surface area contributed by atoms with E-state index < -0.39 is 165 Å². The lowest BCUT2D eigenvalue weighted by atomic mass is 9.82. The third kappa shape index (κ3) is 21.6. The zero-order chi connectivity index (χ0) is 55.1. The molecule has 19 atom stereocenters. The minimum Gasteiger partial charge on any atom is -0.469 e. The van der Waals surface area contributed by atoms with E-state index in [9.17, 15) is 70.2 Å². The summed E-state index contributed by atoms with van der Waals surface area (Å²) in [6.45, 7) is 5.76. The van der Waals surface area contributed by atoms with E-state index in [2.05, 4.69) is 10.6 Å². The van der Waals surface area contributed by atoms with Crippen LogP contribution < -0.4 is 16.4 Å². The second-order valence-electron chi connectivity index (χ2n) is 19.2. The summed E-state index contributed by atoms with van der Waals surface area (Å²) < 4.78 is 28.6. The highest BCUT2D eigenvalue weighted by Crippen LogP contribution is 2.38. The maximum Gasteiger partial charge on any atom is 0.313 e. The highest BCUT2D eigenvalue weighted by molar-refractivity contribution is 5.85. The van der Waals surface area contributed by atoms with Crippen LogP contribution in [0.15, 0.2) is 85.1 Å². The molecule has 0 aliphatic carbocycles. The van der Waals surface area contributed by atoms with Crippen LogP contribution >= 0.6 is 0 Å². The summed E-state index contributed by atoms with van der Waals surface area (Å²) in [7, 11) is 1.08. The number of fused-ring (bicyclic) bond motifs is 2. The van der Waals surface area contributed by atoms with Gasteiger partial charge in [0.1, 0.15) is 24.2 Å². The Kier molecular flexibility index (Phi) is 27.7. The SMILES string of the molecule is COC(=O)[C@H]1[C@@H]2C[C@@H](O[C@@H]3O[C@H](C)[C@@H](O)[C@H](NC(=O)CNC(=O)CN)[C@@H]3O)C=CC=CC=CC=CC=CC=CC=C[C@H](C)[C@@H](O)[C@@H](C)[C@H](C)OC(=O)C[C@H](O)C[C@H](O)CC[C@@H](O)[C@H](O)C[C@H](O)C[C@](O)(C[C@@H]1O)O2. The predicted molar refractivity (Wildman–Crippen MR) is 267 cm³/mol. The normalized spacial score (nSPS) is 38.1. The number of hydrogen-bond acceptors (Lipinski definition) is 20. The lowest BCUT2D eigenvalue weighted by Gasteiger charge is -2.45. The third-order valence-corrected chi connectivity index (χ3v) is 13.1. The molecule has 14 N–H and O–H groups in total. The average Bonchev–Trinajstić information content (AvgIpc) is 3.33. The molecular formula is C52H81N3O19. The number of carbonyl (C=O) groups is 4. The molecule has 74 heavy (non-hydrogen) atoms. The van der Waals surface area contributed by atoms with Gasteiger partial charge in [-0.25, -0.2) is 0 Å². The van der Waals surface area contributed by atoms with E-state index in [-0.39, 0.29) is 38.1 Å². The van der Waals surface area contributed by atoms with Crippen molar-refractivity contribution in [2.24, 2.45) is 23.5 Å². The van der Waals surface area contributed by atoms with E-state index >= 15 is 0 Å². The molecule has 0 aromatic heterocycles. The molecule has 3 aliphatic rings. The van der Waals surface area contributed by atoms with Gasteiger partial charge < -0.3 is 91.1 Å². The summed E-state index contributed by atoms with van der Waals surface area (Å²) >= 11 is 0. The van der Waals surface area contributed by atoms with Crippen molar-refractivity contribution in [2.45, 2.75) is 177 Å². The molecule has 22 nitrogen and oxygen atoms in total. The molecule has 0 aromatic rings. The fourth-order valence-electron chi connectivity index (χ4n) is 8.72. The van der Waals surface area contributed by atoms with Gasteiger partial charge in [-0.1, -0.05) is 98.9 Å². The van der Waals surface area contributed by atoms with Crippen LogP contribution in [0.1, 0.15) is 79.1 Å². The topological polar surface area (TPSA) is 367 Å². The smallest absolute Gasteiger partial charge is 0.313 e. The van der Waals surface area contributed by atoms with E-state index in [1.165, 1.54) is 13.0 Å². The van der Waals surface area contributed by atoms with Crippen LogP contribution in [-0.4, -0.2) is 192 Å². The number of esters is 2. The van der Waals surface area contributed by atoms with Crippen LogP contribution in [0.5, 0.6) is 0 Å². The van der Waals surface area contributed by atoms with Crippen molar-refractivity contribution in [3.8, 4) is 0 Å². The number of nitrogens with one attached hydrogen (secondary N) is 2. The lowest BCUT2D eigenvalue weighted by molar-refractivity contribution is -0.309. The van der Waals surface area contributed by atoms with Crippen molar-refractivity contribution in [1.82, 2.24) is 10.6 Å². The molecule has 0 unspecified atom stereocenters. The van der Waals surface area contributed by atoms with Crippen molar-refractivity contribution in [3.05, 3.63) is 85.1 Å². The van der Waals surface area contributed by atoms with Gasteiger partial charge in [-0.05, 0) is 33.1 Å². The quantitative estimate of drug-likeness (QED) is 0.136. The number of rotatable bonds is 7. The summed E-state index contributed by atoms with van der Waals surface area (Å²) in [4.78, 5) is 50.3. The Balaban J connectivity index is 1.94. The number of hydrogen-bond donors (Lipinski definition) is 13. The third-order valence-electron chi connectivity index (χ3n) is 13.1. The Morgan fingerprint density at radius 1 is 0.689 bits per heavy atom. The fraction of sp³-hybridized carbons (Fsp3) is 0.654. The van der Waals surface area contributed by atoms with Crippen LogP contribution in [0.3, 0.4) is 0 Å². The van der Waals surface area contributed by atoms with E-state index in [1.54, 1.807) is 86.8 Å².